The van der Waals surface area contributed by atoms with E-state index < -0.39 is 0 Å². The molecule has 1 unspecified atom stereocenters. The summed E-state index contributed by atoms with van der Waals surface area (Å²) in [6, 6.07) is 12.3. The fourth-order valence-corrected chi connectivity index (χ4v) is 2.45. The highest BCUT2D eigenvalue weighted by molar-refractivity contribution is 5.93. The van der Waals surface area contributed by atoms with Gasteiger partial charge in [-0.3, -0.25) is 4.98 Å². The van der Waals surface area contributed by atoms with Gasteiger partial charge in [0.25, 0.3) is 0 Å². The molecule has 4 heteroatoms. The Morgan fingerprint density at radius 3 is 2.81 bits per heavy atom. The molecule has 3 aromatic rings. The summed E-state index contributed by atoms with van der Waals surface area (Å²) in [5, 5.41) is 25.0. The summed E-state index contributed by atoms with van der Waals surface area (Å²) in [5.41, 5.74) is 1.62. The normalized spacial score (nSPS) is 12.2. The van der Waals surface area contributed by atoms with Gasteiger partial charge in [0.2, 0.25) is 0 Å². The molecule has 1 atom stereocenters. The van der Waals surface area contributed by atoms with Crippen molar-refractivity contribution in [3.63, 3.8) is 0 Å². The smallest absolute Gasteiger partial charge is 0.121 e. The van der Waals surface area contributed by atoms with Crippen molar-refractivity contribution in [2.24, 2.45) is 0 Å². The first-order chi connectivity index (χ1) is 10.1. The molecule has 2 aromatic carbocycles. The monoisotopic (exact) mass is 280 g/mol. The maximum atomic E-state index is 9.94. The van der Waals surface area contributed by atoms with Gasteiger partial charge in [-0.15, -0.1) is 0 Å². The van der Waals surface area contributed by atoms with Gasteiger partial charge in [0.1, 0.15) is 11.5 Å². The average Bonchev–Trinajstić information content (AvgIpc) is 2.50. The van der Waals surface area contributed by atoms with Crippen LogP contribution in [-0.4, -0.2) is 15.2 Å². The zero-order valence-corrected chi connectivity index (χ0v) is 11.6. The van der Waals surface area contributed by atoms with Crippen LogP contribution in [0.25, 0.3) is 10.8 Å². The van der Waals surface area contributed by atoms with Crippen molar-refractivity contribution >= 4 is 16.5 Å². The fourth-order valence-electron chi connectivity index (χ4n) is 2.45. The van der Waals surface area contributed by atoms with Crippen LogP contribution in [-0.2, 0) is 0 Å². The molecule has 3 N–H and O–H groups in total. The Labute approximate surface area is 122 Å². The summed E-state index contributed by atoms with van der Waals surface area (Å²) in [5.74, 6) is 0.299. The number of hydrogen-bond acceptors (Lipinski definition) is 4. The molecule has 0 bridgehead atoms. The van der Waals surface area contributed by atoms with Gasteiger partial charge in [0, 0.05) is 34.4 Å². The molecule has 0 saturated heterocycles. The second kappa shape index (κ2) is 5.32. The van der Waals surface area contributed by atoms with Crippen molar-refractivity contribution in [1.29, 1.82) is 0 Å². The molecule has 0 aliphatic heterocycles. The molecular formula is C17H16N2O2. The first-order valence-corrected chi connectivity index (χ1v) is 6.76. The molecule has 0 aliphatic rings. The lowest BCUT2D eigenvalue weighted by atomic mass is 10.1. The number of anilines is 1. The third kappa shape index (κ3) is 2.60. The predicted molar refractivity (Wildman–Crippen MR) is 83.6 cm³/mol. The minimum absolute atomic E-state index is 0.138. The molecule has 0 fully saturated rings. The number of phenolic OH excluding ortho intramolecular Hbond substituents is 2. The minimum atomic E-state index is -0.143. The lowest BCUT2D eigenvalue weighted by Gasteiger charge is -2.18. The summed E-state index contributed by atoms with van der Waals surface area (Å²) < 4.78 is 0. The highest BCUT2D eigenvalue weighted by atomic mass is 16.3. The van der Waals surface area contributed by atoms with Crippen molar-refractivity contribution in [2.75, 3.05) is 5.32 Å². The van der Waals surface area contributed by atoms with E-state index in [-0.39, 0.29) is 17.5 Å². The van der Waals surface area contributed by atoms with Crippen molar-refractivity contribution in [3.8, 4) is 11.5 Å². The van der Waals surface area contributed by atoms with Crippen molar-refractivity contribution in [1.82, 2.24) is 4.98 Å². The summed E-state index contributed by atoms with van der Waals surface area (Å²) in [4.78, 5) is 4.12. The quantitative estimate of drug-likeness (QED) is 0.638. The van der Waals surface area contributed by atoms with Crippen molar-refractivity contribution in [3.05, 3.63) is 60.4 Å². The van der Waals surface area contributed by atoms with Gasteiger partial charge in [-0.2, -0.15) is 0 Å². The van der Waals surface area contributed by atoms with Crippen LogP contribution in [0.4, 0.5) is 5.69 Å². The second-order valence-electron chi connectivity index (χ2n) is 5.01. The first-order valence-electron chi connectivity index (χ1n) is 6.76. The number of benzene rings is 2. The Morgan fingerprint density at radius 1 is 1.10 bits per heavy atom. The Hall–Kier alpha value is -2.75. The van der Waals surface area contributed by atoms with Crippen LogP contribution in [0, 0.1) is 0 Å². The maximum Gasteiger partial charge on any atom is 0.121 e. The van der Waals surface area contributed by atoms with E-state index in [1.165, 1.54) is 12.1 Å². The number of aromatic hydroxyl groups is 2. The van der Waals surface area contributed by atoms with E-state index in [1.807, 2.05) is 37.4 Å². The molecule has 1 aromatic heterocycles. The molecular weight excluding hydrogens is 264 g/mol. The van der Waals surface area contributed by atoms with Crippen LogP contribution in [0.5, 0.6) is 11.5 Å². The SMILES string of the molecule is CC(Nc1cccc2cnccc12)c1cc(O)ccc1O. The number of hydrogen-bond donors (Lipinski definition) is 3. The third-order valence-corrected chi connectivity index (χ3v) is 3.53. The van der Waals surface area contributed by atoms with Gasteiger partial charge in [-0.05, 0) is 37.3 Å². The van der Waals surface area contributed by atoms with E-state index >= 15 is 0 Å². The van der Waals surface area contributed by atoms with Crippen LogP contribution in [0.3, 0.4) is 0 Å². The number of aromatic nitrogens is 1. The zero-order chi connectivity index (χ0) is 14.8. The van der Waals surface area contributed by atoms with Gasteiger partial charge in [0.05, 0.1) is 6.04 Å². The molecule has 106 valence electrons. The van der Waals surface area contributed by atoms with Crippen molar-refractivity contribution in [2.45, 2.75) is 13.0 Å². The topological polar surface area (TPSA) is 65.4 Å². The third-order valence-electron chi connectivity index (χ3n) is 3.53. The molecule has 0 amide bonds. The standard InChI is InChI=1S/C17H16N2O2/c1-11(15-9-13(20)5-6-17(15)21)19-16-4-2-3-12-10-18-8-7-14(12)16/h2-11,19-21H,1H3. The van der Waals surface area contributed by atoms with Gasteiger partial charge in [-0.1, -0.05) is 12.1 Å². The molecule has 1 heterocycles. The molecule has 3 rings (SSSR count). The predicted octanol–water partition coefficient (Wildman–Crippen LogP) is 3.82. The summed E-state index contributed by atoms with van der Waals surface area (Å²) in [6.07, 6.45) is 3.57. The first kappa shape index (κ1) is 13.2. The van der Waals surface area contributed by atoms with Crippen LogP contribution in [0.2, 0.25) is 0 Å². The van der Waals surface area contributed by atoms with E-state index in [9.17, 15) is 10.2 Å². The molecule has 0 aliphatic carbocycles. The number of nitrogens with zero attached hydrogens (tertiary/aromatic N) is 1. The van der Waals surface area contributed by atoms with Gasteiger partial charge in [0.15, 0.2) is 0 Å². The maximum absolute atomic E-state index is 9.94. The van der Waals surface area contributed by atoms with Crippen LogP contribution < -0.4 is 5.32 Å². The lowest BCUT2D eigenvalue weighted by Crippen LogP contribution is -2.07. The van der Waals surface area contributed by atoms with Gasteiger partial charge in [-0.25, -0.2) is 0 Å². The zero-order valence-electron chi connectivity index (χ0n) is 11.6. The largest absolute Gasteiger partial charge is 0.508 e. The minimum Gasteiger partial charge on any atom is -0.508 e. The molecule has 0 saturated carbocycles. The molecule has 0 radical (unpaired) electrons. The van der Waals surface area contributed by atoms with Gasteiger partial charge < -0.3 is 15.5 Å². The Balaban J connectivity index is 1.96. The number of phenols is 2. The number of pyridine rings is 1. The Kier molecular flexibility index (Phi) is 3.36. The summed E-state index contributed by atoms with van der Waals surface area (Å²) >= 11 is 0. The van der Waals surface area contributed by atoms with Crippen LogP contribution in [0.1, 0.15) is 18.5 Å². The van der Waals surface area contributed by atoms with Crippen molar-refractivity contribution < 1.29 is 10.2 Å². The van der Waals surface area contributed by atoms with E-state index in [2.05, 4.69) is 10.3 Å². The summed E-state index contributed by atoms with van der Waals surface area (Å²) in [7, 11) is 0. The number of fused-ring (bicyclic) bond motifs is 1. The fraction of sp³-hybridized carbons (Fsp3) is 0.118. The highest BCUT2D eigenvalue weighted by Crippen LogP contribution is 2.32. The van der Waals surface area contributed by atoms with E-state index in [0.717, 1.165) is 16.5 Å². The highest BCUT2D eigenvalue weighted by Gasteiger charge is 2.12. The average molecular weight is 280 g/mol. The van der Waals surface area contributed by atoms with Crippen LogP contribution >= 0.6 is 0 Å². The van der Waals surface area contributed by atoms with E-state index in [0.29, 0.717) is 5.56 Å². The van der Waals surface area contributed by atoms with Gasteiger partial charge >= 0.3 is 0 Å². The Morgan fingerprint density at radius 2 is 1.95 bits per heavy atom. The van der Waals surface area contributed by atoms with Crippen LogP contribution in [0.15, 0.2) is 54.9 Å². The molecule has 4 nitrogen and oxygen atoms in total. The summed E-state index contributed by atoms with van der Waals surface area (Å²) in [6.45, 7) is 1.94. The van der Waals surface area contributed by atoms with E-state index in [1.54, 1.807) is 12.3 Å². The second-order valence-corrected chi connectivity index (χ2v) is 5.01. The number of nitrogens with one attached hydrogen (secondary N) is 1. The lowest BCUT2D eigenvalue weighted by molar-refractivity contribution is 0.451. The molecule has 0 spiro atoms. The number of rotatable bonds is 3. The molecule has 21 heavy (non-hydrogen) atoms. The Bertz CT molecular complexity index is 781. The van der Waals surface area contributed by atoms with E-state index in [4.69, 9.17) is 0 Å².